The number of anilines is 1. The summed E-state index contributed by atoms with van der Waals surface area (Å²) in [6, 6.07) is 15.7. The molecule has 126 valence electrons. The highest BCUT2D eigenvalue weighted by atomic mass is 16.5. The number of carboxylic acids is 1. The van der Waals surface area contributed by atoms with Gasteiger partial charge in [0.25, 0.3) is 0 Å². The number of carbonyl (C=O) groups is 1. The van der Waals surface area contributed by atoms with Crippen LogP contribution in [0, 0.1) is 6.92 Å². The van der Waals surface area contributed by atoms with E-state index in [4.69, 9.17) is 10.3 Å². The number of aryl methyl sites for hydroxylation is 1. The molecule has 0 saturated heterocycles. The molecule has 0 spiro atoms. The molecule has 0 radical (unpaired) electrons. The molecular weight excluding hydrogens is 316 g/mol. The second-order valence-electron chi connectivity index (χ2n) is 6.54. The molecule has 1 aromatic heterocycles. The molecule has 2 aromatic carbocycles. The summed E-state index contributed by atoms with van der Waals surface area (Å²) in [4.78, 5) is 11.4. The average Bonchev–Trinajstić information content (AvgIpc) is 3.38. The van der Waals surface area contributed by atoms with Gasteiger partial charge in [-0.25, -0.2) is 0 Å². The number of aromatic nitrogens is 1. The Hall–Kier alpha value is -3.08. The Kier molecular flexibility index (Phi) is 3.39. The summed E-state index contributed by atoms with van der Waals surface area (Å²) in [5.41, 5.74) is 10.4. The van der Waals surface area contributed by atoms with E-state index in [2.05, 4.69) is 5.16 Å². The van der Waals surface area contributed by atoms with Crippen LogP contribution in [0.1, 0.15) is 24.2 Å². The van der Waals surface area contributed by atoms with Gasteiger partial charge in [0.1, 0.15) is 11.4 Å². The summed E-state index contributed by atoms with van der Waals surface area (Å²) in [7, 11) is 0. The Morgan fingerprint density at radius 2 is 1.56 bits per heavy atom. The zero-order valence-electron chi connectivity index (χ0n) is 13.8. The Morgan fingerprint density at radius 1 is 1.04 bits per heavy atom. The smallest absolute Gasteiger partial charge is 0.314 e. The fourth-order valence-corrected chi connectivity index (χ4v) is 3.14. The van der Waals surface area contributed by atoms with Gasteiger partial charge in [0.15, 0.2) is 5.76 Å². The lowest BCUT2D eigenvalue weighted by atomic mass is 9.93. The van der Waals surface area contributed by atoms with E-state index in [-0.39, 0.29) is 0 Å². The van der Waals surface area contributed by atoms with Gasteiger partial charge >= 0.3 is 5.97 Å². The largest absolute Gasteiger partial charge is 0.481 e. The van der Waals surface area contributed by atoms with Crippen molar-refractivity contribution in [1.29, 1.82) is 0 Å². The van der Waals surface area contributed by atoms with Crippen molar-refractivity contribution >= 4 is 11.7 Å². The van der Waals surface area contributed by atoms with Crippen LogP contribution in [0.2, 0.25) is 0 Å². The minimum Gasteiger partial charge on any atom is -0.481 e. The quantitative estimate of drug-likeness (QED) is 0.752. The van der Waals surface area contributed by atoms with Crippen molar-refractivity contribution in [3.8, 4) is 22.4 Å². The lowest BCUT2D eigenvalue weighted by Crippen LogP contribution is -2.19. The molecule has 5 heteroatoms. The molecule has 0 aliphatic heterocycles. The van der Waals surface area contributed by atoms with Gasteiger partial charge in [-0.1, -0.05) is 53.7 Å². The van der Waals surface area contributed by atoms with E-state index in [0.717, 1.165) is 35.1 Å². The molecule has 1 aliphatic carbocycles. The molecule has 0 amide bonds. The topological polar surface area (TPSA) is 89.3 Å². The van der Waals surface area contributed by atoms with Gasteiger partial charge in [-0.15, -0.1) is 0 Å². The highest BCUT2D eigenvalue weighted by molar-refractivity contribution is 5.85. The first-order valence-electron chi connectivity index (χ1n) is 8.18. The summed E-state index contributed by atoms with van der Waals surface area (Å²) in [5.74, 6) is -0.118. The van der Waals surface area contributed by atoms with Crippen molar-refractivity contribution in [3.05, 3.63) is 59.9 Å². The van der Waals surface area contributed by atoms with Gasteiger partial charge < -0.3 is 15.4 Å². The lowest BCUT2D eigenvalue weighted by Gasteiger charge is -2.11. The number of carboxylic acid groups (broad SMARTS) is 1. The second-order valence-corrected chi connectivity index (χ2v) is 6.54. The fraction of sp³-hybridized carbons (Fsp3) is 0.200. The number of rotatable bonds is 4. The van der Waals surface area contributed by atoms with E-state index in [1.165, 1.54) is 0 Å². The van der Waals surface area contributed by atoms with Gasteiger partial charge in [0.05, 0.1) is 5.41 Å². The number of benzene rings is 2. The van der Waals surface area contributed by atoms with Crippen molar-refractivity contribution in [2.45, 2.75) is 25.2 Å². The Labute approximate surface area is 145 Å². The molecule has 1 heterocycles. The van der Waals surface area contributed by atoms with E-state index >= 15 is 0 Å². The number of hydrogen-bond donors (Lipinski definition) is 2. The SMILES string of the molecule is Cc1onc(-c2ccc(-c3ccc(C4(C(=O)O)CC4)cc3)cc2)c1N. The van der Waals surface area contributed by atoms with Crippen molar-refractivity contribution in [1.82, 2.24) is 5.16 Å². The molecule has 3 N–H and O–H groups in total. The molecule has 5 nitrogen and oxygen atoms in total. The molecule has 3 aromatic rings. The highest BCUT2D eigenvalue weighted by Crippen LogP contribution is 2.48. The number of nitrogens with zero attached hydrogens (tertiary/aromatic N) is 1. The van der Waals surface area contributed by atoms with Crippen molar-refractivity contribution in [2.75, 3.05) is 5.73 Å². The summed E-state index contributed by atoms with van der Waals surface area (Å²) in [6.07, 6.45) is 1.43. The number of hydrogen-bond acceptors (Lipinski definition) is 4. The Balaban J connectivity index is 1.60. The van der Waals surface area contributed by atoms with E-state index in [1.807, 2.05) is 48.5 Å². The normalized spacial score (nSPS) is 15.1. The van der Waals surface area contributed by atoms with Crippen LogP contribution in [0.25, 0.3) is 22.4 Å². The molecule has 1 aliphatic rings. The predicted octanol–water partition coefficient (Wildman–Crippen LogP) is 4.02. The summed E-state index contributed by atoms with van der Waals surface area (Å²) in [6.45, 7) is 1.78. The first-order chi connectivity index (χ1) is 12.0. The van der Waals surface area contributed by atoms with Crippen LogP contribution in [0.5, 0.6) is 0 Å². The van der Waals surface area contributed by atoms with Crippen LogP contribution in [-0.4, -0.2) is 16.2 Å². The average molecular weight is 334 g/mol. The first-order valence-corrected chi connectivity index (χ1v) is 8.18. The van der Waals surface area contributed by atoms with E-state index < -0.39 is 11.4 Å². The summed E-state index contributed by atoms with van der Waals surface area (Å²) < 4.78 is 5.11. The Bertz CT molecular complexity index is 936. The minimum absolute atomic E-state index is 0.556. The van der Waals surface area contributed by atoms with Crippen LogP contribution in [0.4, 0.5) is 5.69 Å². The number of nitrogens with two attached hydrogens (primary N) is 1. The van der Waals surface area contributed by atoms with E-state index in [0.29, 0.717) is 17.1 Å². The molecule has 1 fully saturated rings. The number of aliphatic carboxylic acids is 1. The zero-order valence-corrected chi connectivity index (χ0v) is 13.8. The fourth-order valence-electron chi connectivity index (χ4n) is 3.14. The molecule has 25 heavy (non-hydrogen) atoms. The summed E-state index contributed by atoms with van der Waals surface area (Å²) >= 11 is 0. The molecule has 4 rings (SSSR count). The third-order valence-electron chi connectivity index (χ3n) is 5.00. The van der Waals surface area contributed by atoms with Crippen molar-refractivity contribution in [2.24, 2.45) is 0 Å². The first kappa shape index (κ1) is 15.4. The maximum atomic E-state index is 11.4. The van der Waals surface area contributed by atoms with E-state index in [1.54, 1.807) is 6.92 Å². The van der Waals surface area contributed by atoms with Gasteiger partial charge in [0, 0.05) is 5.56 Å². The van der Waals surface area contributed by atoms with Crippen LogP contribution in [-0.2, 0) is 10.2 Å². The Morgan fingerprint density at radius 3 is 2.00 bits per heavy atom. The lowest BCUT2D eigenvalue weighted by molar-refractivity contribution is -0.140. The number of nitrogen functional groups attached to an aromatic ring is 1. The third kappa shape index (κ3) is 2.48. The zero-order chi connectivity index (χ0) is 17.6. The molecule has 0 atom stereocenters. The third-order valence-corrected chi connectivity index (χ3v) is 5.00. The molecule has 0 bridgehead atoms. The standard InChI is InChI=1S/C20H18N2O3/c1-12-17(21)18(22-25-12)15-4-2-13(3-5-15)14-6-8-16(9-7-14)20(10-11-20)19(23)24/h2-9H,10-11,21H2,1H3,(H,23,24). The second kappa shape index (κ2) is 5.48. The predicted molar refractivity (Wildman–Crippen MR) is 95.1 cm³/mol. The maximum Gasteiger partial charge on any atom is 0.314 e. The van der Waals surface area contributed by atoms with Gasteiger partial charge in [-0.3, -0.25) is 4.79 Å². The van der Waals surface area contributed by atoms with Crippen LogP contribution in [0.3, 0.4) is 0 Å². The van der Waals surface area contributed by atoms with Crippen LogP contribution < -0.4 is 5.73 Å². The van der Waals surface area contributed by atoms with Crippen molar-refractivity contribution in [3.63, 3.8) is 0 Å². The minimum atomic E-state index is -0.731. The van der Waals surface area contributed by atoms with Gasteiger partial charge in [0.2, 0.25) is 0 Å². The maximum absolute atomic E-state index is 11.4. The van der Waals surface area contributed by atoms with Gasteiger partial charge in [-0.05, 0) is 36.5 Å². The molecule has 1 saturated carbocycles. The summed E-state index contributed by atoms with van der Waals surface area (Å²) in [5, 5.41) is 13.4. The highest BCUT2D eigenvalue weighted by Gasteiger charge is 2.51. The van der Waals surface area contributed by atoms with E-state index in [9.17, 15) is 9.90 Å². The molecular formula is C20H18N2O3. The molecule has 0 unspecified atom stereocenters. The van der Waals surface area contributed by atoms with Gasteiger partial charge in [-0.2, -0.15) is 0 Å². The van der Waals surface area contributed by atoms with Crippen LogP contribution in [0.15, 0.2) is 53.1 Å². The van der Waals surface area contributed by atoms with Crippen molar-refractivity contribution < 1.29 is 14.4 Å². The monoisotopic (exact) mass is 334 g/mol. The van der Waals surface area contributed by atoms with Crippen LogP contribution >= 0.6 is 0 Å².